The van der Waals surface area contributed by atoms with Crippen molar-refractivity contribution in [3.05, 3.63) is 29.6 Å². The van der Waals surface area contributed by atoms with Crippen molar-refractivity contribution in [1.29, 1.82) is 5.26 Å². The number of nitriles is 1. The molecule has 106 valence electrons. The maximum atomic E-state index is 13.0. The average molecular weight is 275 g/mol. The van der Waals surface area contributed by atoms with Gasteiger partial charge in [0, 0.05) is 6.04 Å². The molecule has 0 spiro atoms. The van der Waals surface area contributed by atoms with Gasteiger partial charge in [-0.25, -0.2) is 9.18 Å². The van der Waals surface area contributed by atoms with Crippen molar-refractivity contribution in [2.75, 3.05) is 5.32 Å². The molecule has 1 saturated carbocycles. The fraction of sp³-hybridized carbons (Fsp3) is 0.467. The van der Waals surface area contributed by atoms with Crippen LogP contribution in [0.5, 0.6) is 0 Å². The number of nitrogens with zero attached hydrogens (tertiary/aromatic N) is 1. The molecule has 2 unspecified atom stereocenters. The summed E-state index contributed by atoms with van der Waals surface area (Å²) in [7, 11) is 0. The van der Waals surface area contributed by atoms with Crippen LogP contribution in [0.15, 0.2) is 18.2 Å². The van der Waals surface area contributed by atoms with Crippen molar-refractivity contribution in [3.63, 3.8) is 0 Å². The van der Waals surface area contributed by atoms with E-state index in [0.29, 0.717) is 11.6 Å². The van der Waals surface area contributed by atoms with Crippen molar-refractivity contribution in [3.8, 4) is 6.07 Å². The first kappa shape index (κ1) is 14.3. The van der Waals surface area contributed by atoms with E-state index in [1.807, 2.05) is 6.07 Å². The van der Waals surface area contributed by atoms with Crippen LogP contribution in [-0.2, 0) is 0 Å². The van der Waals surface area contributed by atoms with E-state index in [-0.39, 0.29) is 17.6 Å². The summed E-state index contributed by atoms with van der Waals surface area (Å²) in [4.78, 5) is 11.9. The Morgan fingerprint density at radius 3 is 2.95 bits per heavy atom. The molecule has 2 N–H and O–H groups in total. The maximum Gasteiger partial charge on any atom is 0.319 e. The van der Waals surface area contributed by atoms with Crippen LogP contribution in [0.2, 0.25) is 0 Å². The summed E-state index contributed by atoms with van der Waals surface area (Å²) in [6, 6.07) is 5.43. The number of carbonyl (C=O) groups is 1. The molecule has 2 atom stereocenters. The van der Waals surface area contributed by atoms with E-state index >= 15 is 0 Å². The van der Waals surface area contributed by atoms with Gasteiger partial charge >= 0.3 is 6.03 Å². The lowest BCUT2D eigenvalue weighted by Gasteiger charge is -2.27. The summed E-state index contributed by atoms with van der Waals surface area (Å²) in [6.45, 7) is 2.18. The van der Waals surface area contributed by atoms with Gasteiger partial charge in [-0.1, -0.05) is 19.8 Å². The average Bonchev–Trinajstić information content (AvgIpc) is 2.40. The Balaban J connectivity index is 1.96. The molecular formula is C15H18FN3O. The van der Waals surface area contributed by atoms with Gasteiger partial charge in [0.05, 0.1) is 11.3 Å². The standard InChI is InChI=1S/C15H18FN3O/c1-10-3-2-4-13(7-10)18-15(20)19-14-6-5-12(16)8-11(14)9-17/h5-6,8,10,13H,2-4,7H2,1H3,(H2,18,19,20). The molecule has 1 aromatic carbocycles. The number of anilines is 1. The molecule has 0 radical (unpaired) electrons. The van der Waals surface area contributed by atoms with Crippen LogP contribution in [0.25, 0.3) is 0 Å². The summed E-state index contributed by atoms with van der Waals surface area (Å²) in [5, 5.41) is 14.4. The van der Waals surface area contributed by atoms with Crippen LogP contribution in [0.1, 0.15) is 38.2 Å². The molecular weight excluding hydrogens is 257 g/mol. The highest BCUT2D eigenvalue weighted by molar-refractivity contribution is 5.90. The number of amides is 2. The lowest BCUT2D eigenvalue weighted by molar-refractivity contribution is 0.238. The molecule has 1 aliphatic carbocycles. The van der Waals surface area contributed by atoms with Gasteiger partial charge in [0.1, 0.15) is 11.9 Å². The predicted molar refractivity (Wildman–Crippen MR) is 74.7 cm³/mol. The number of nitrogens with one attached hydrogen (secondary N) is 2. The van der Waals surface area contributed by atoms with E-state index < -0.39 is 5.82 Å². The highest BCUT2D eigenvalue weighted by atomic mass is 19.1. The Labute approximate surface area is 118 Å². The van der Waals surface area contributed by atoms with Crippen molar-refractivity contribution >= 4 is 11.7 Å². The minimum atomic E-state index is -0.492. The zero-order valence-electron chi connectivity index (χ0n) is 11.4. The zero-order valence-corrected chi connectivity index (χ0v) is 11.4. The summed E-state index contributed by atoms with van der Waals surface area (Å²) >= 11 is 0. The second-order valence-corrected chi connectivity index (χ2v) is 5.37. The molecule has 0 aromatic heterocycles. The van der Waals surface area contributed by atoms with Crippen LogP contribution >= 0.6 is 0 Å². The number of urea groups is 1. The quantitative estimate of drug-likeness (QED) is 0.868. The Bertz CT molecular complexity index is 538. The molecule has 1 aliphatic rings. The fourth-order valence-electron chi connectivity index (χ4n) is 2.63. The smallest absolute Gasteiger partial charge is 0.319 e. The molecule has 0 bridgehead atoms. The summed E-state index contributed by atoms with van der Waals surface area (Å²) in [5.74, 6) is 0.128. The number of halogens is 1. The third-order valence-corrected chi connectivity index (χ3v) is 3.62. The van der Waals surface area contributed by atoms with Crippen LogP contribution in [0.4, 0.5) is 14.9 Å². The molecule has 5 heteroatoms. The number of rotatable bonds is 2. The molecule has 4 nitrogen and oxygen atoms in total. The molecule has 20 heavy (non-hydrogen) atoms. The molecule has 1 aromatic rings. The van der Waals surface area contributed by atoms with E-state index in [1.165, 1.54) is 18.6 Å². The predicted octanol–water partition coefficient (Wildman–Crippen LogP) is 3.40. The molecule has 2 rings (SSSR count). The minimum Gasteiger partial charge on any atom is -0.335 e. The van der Waals surface area contributed by atoms with Crippen LogP contribution < -0.4 is 10.6 Å². The van der Waals surface area contributed by atoms with E-state index in [4.69, 9.17) is 5.26 Å². The van der Waals surface area contributed by atoms with Crippen molar-refractivity contribution in [2.45, 2.75) is 38.6 Å². The van der Waals surface area contributed by atoms with E-state index in [2.05, 4.69) is 17.6 Å². The first-order valence-electron chi connectivity index (χ1n) is 6.85. The third-order valence-electron chi connectivity index (χ3n) is 3.62. The third kappa shape index (κ3) is 3.70. The first-order valence-corrected chi connectivity index (χ1v) is 6.85. The molecule has 2 amide bonds. The van der Waals surface area contributed by atoms with E-state index in [1.54, 1.807) is 0 Å². The van der Waals surface area contributed by atoms with Crippen molar-refractivity contribution in [2.24, 2.45) is 5.92 Å². The summed E-state index contributed by atoms with van der Waals surface area (Å²) in [5.41, 5.74) is 0.451. The van der Waals surface area contributed by atoms with Gasteiger partial charge in [-0.2, -0.15) is 5.26 Å². The maximum absolute atomic E-state index is 13.0. The first-order chi connectivity index (χ1) is 9.58. The van der Waals surface area contributed by atoms with Gasteiger partial charge in [-0.3, -0.25) is 0 Å². The van der Waals surface area contributed by atoms with Gasteiger partial charge < -0.3 is 10.6 Å². The van der Waals surface area contributed by atoms with E-state index in [0.717, 1.165) is 25.3 Å². The van der Waals surface area contributed by atoms with Crippen LogP contribution in [-0.4, -0.2) is 12.1 Å². The topological polar surface area (TPSA) is 64.9 Å². The van der Waals surface area contributed by atoms with Gasteiger partial charge in [0.15, 0.2) is 0 Å². The lowest BCUT2D eigenvalue weighted by atomic mass is 9.87. The van der Waals surface area contributed by atoms with Gasteiger partial charge in [-0.05, 0) is 37.0 Å². The van der Waals surface area contributed by atoms with Crippen molar-refractivity contribution < 1.29 is 9.18 Å². The second kappa shape index (κ2) is 6.38. The number of hydrogen-bond acceptors (Lipinski definition) is 2. The summed E-state index contributed by atoms with van der Waals surface area (Å²) in [6.07, 6.45) is 4.27. The Morgan fingerprint density at radius 2 is 2.25 bits per heavy atom. The normalized spacial score (nSPS) is 21.9. The molecule has 1 fully saturated rings. The van der Waals surface area contributed by atoms with Gasteiger partial charge in [-0.15, -0.1) is 0 Å². The Kier molecular flexibility index (Phi) is 4.57. The van der Waals surface area contributed by atoms with Crippen LogP contribution in [0, 0.1) is 23.1 Å². The monoisotopic (exact) mass is 275 g/mol. The number of benzene rings is 1. The van der Waals surface area contributed by atoms with Gasteiger partial charge in [0.2, 0.25) is 0 Å². The molecule has 0 heterocycles. The highest BCUT2D eigenvalue weighted by Gasteiger charge is 2.20. The Morgan fingerprint density at radius 1 is 1.45 bits per heavy atom. The highest BCUT2D eigenvalue weighted by Crippen LogP contribution is 2.23. The van der Waals surface area contributed by atoms with E-state index in [9.17, 15) is 9.18 Å². The minimum absolute atomic E-state index is 0.122. The SMILES string of the molecule is CC1CCCC(NC(=O)Nc2ccc(F)cc2C#N)C1. The zero-order chi connectivity index (χ0) is 14.5. The molecule has 0 saturated heterocycles. The Hall–Kier alpha value is -2.09. The second-order valence-electron chi connectivity index (χ2n) is 5.37. The number of hydrogen-bond donors (Lipinski definition) is 2. The molecule has 0 aliphatic heterocycles. The lowest BCUT2D eigenvalue weighted by Crippen LogP contribution is -2.40. The largest absolute Gasteiger partial charge is 0.335 e. The van der Waals surface area contributed by atoms with Gasteiger partial charge in [0.25, 0.3) is 0 Å². The summed E-state index contributed by atoms with van der Waals surface area (Å²) < 4.78 is 13.0. The number of carbonyl (C=O) groups excluding carboxylic acids is 1. The fourth-order valence-corrected chi connectivity index (χ4v) is 2.63. The van der Waals surface area contributed by atoms with Crippen molar-refractivity contribution in [1.82, 2.24) is 5.32 Å². The van der Waals surface area contributed by atoms with Crippen LogP contribution in [0.3, 0.4) is 0 Å².